The molecule has 0 atom stereocenters. The molecule has 0 spiro atoms. The first-order valence-corrected chi connectivity index (χ1v) is 7.93. The van der Waals surface area contributed by atoms with Crippen LogP contribution in [-0.4, -0.2) is 47.0 Å². The van der Waals surface area contributed by atoms with E-state index in [2.05, 4.69) is 9.97 Å². The summed E-state index contributed by atoms with van der Waals surface area (Å²) in [6.45, 7) is 1.75. The summed E-state index contributed by atoms with van der Waals surface area (Å²) in [6.07, 6.45) is -3.66. The van der Waals surface area contributed by atoms with E-state index in [1.165, 1.54) is 4.90 Å². The lowest BCUT2D eigenvalue weighted by Crippen LogP contribution is -2.49. The van der Waals surface area contributed by atoms with Crippen LogP contribution in [0.25, 0.3) is 0 Å². The van der Waals surface area contributed by atoms with Gasteiger partial charge in [0.1, 0.15) is 5.69 Å². The molecule has 1 aliphatic rings. The molecule has 0 unspecified atom stereocenters. The number of halogens is 4. The summed E-state index contributed by atoms with van der Waals surface area (Å²) in [7, 11) is 0. The second kappa shape index (κ2) is 6.87. The summed E-state index contributed by atoms with van der Waals surface area (Å²) < 4.78 is 38.1. The van der Waals surface area contributed by atoms with E-state index in [0.29, 0.717) is 31.2 Å². The molecule has 2 aromatic rings. The topological polar surface area (TPSA) is 49.3 Å². The summed E-state index contributed by atoms with van der Waals surface area (Å²) in [5, 5.41) is 0.614. The van der Waals surface area contributed by atoms with Gasteiger partial charge in [-0.25, -0.2) is 9.97 Å². The molecule has 0 aliphatic carbocycles. The highest BCUT2D eigenvalue weighted by Gasteiger charge is 2.34. The molecule has 2 heterocycles. The van der Waals surface area contributed by atoms with Gasteiger partial charge in [0.05, 0.1) is 10.7 Å². The Labute approximate surface area is 147 Å². The van der Waals surface area contributed by atoms with Crippen molar-refractivity contribution < 1.29 is 18.0 Å². The molecular weight excluding hydrogens is 357 g/mol. The SMILES string of the molecule is O=C(c1nccc(C(F)(F)F)n1)N1CCN(c2ccccc2Cl)CC1. The third-order valence-electron chi connectivity index (χ3n) is 3.90. The Morgan fingerprint density at radius 3 is 2.40 bits per heavy atom. The van der Waals surface area contributed by atoms with Gasteiger partial charge in [0.25, 0.3) is 5.91 Å². The first kappa shape index (κ1) is 17.5. The minimum atomic E-state index is -4.61. The molecule has 5 nitrogen and oxygen atoms in total. The zero-order valence-electron chi connectivity index (χ0n) is 13.0. The highest BCUT2D eigenvalue weighted by molar-refractivity contribution is 6.33. The van der Waals surface area contributed by atoms with Crippen molar-refractivity contribution in [1.82, 2.24) is 14.9 Å². The van der Waals surface area contributed by atoms with Crippen LogP contribution in [-0.2, 0) is 6.18 Å². The lowest BCUT2D eigenvalue weighted by Gasteiger charge is -2.36. The number of nitrogens with zero attached hydrogens (tertiary/aromatic N) is 4. The van der Waals surface area contributed by atoms with Gasteiger partial charge >= 0.3 is 6.18 Å². The average molecular weight is 371 g/mol. The molecule has 1 fully saturated rings. The number of carbonyl (C=O) groups excluding carboxylic acids is 1. The summed E-state index contributed by atoms with van der Waals surface area (Å²) in [5.74, 6) is -1.05. The van der Waals surface area contributed by atoms with Crippen molar-refractivity contribution in [2.24, 2.45) is 0 Å². The number of hydrogen-bond acceptors (Lipinski definition) is 4. The number of benzene rings is 1. The summed E-state index contributed by atoms with van der Waals surface area (Å²) in [4.78, 5) is 22.9. The smallest absolute Gasteiger partial charge is 0.367 e. The van der Waals surface area contributed by atoms with Gasteiger partial charge in [-0.15, -0.1) is 0 Å². The second-order valence-corrected chi connectivity index (χ2v) is 5.90. The molecule has 1 aliphatic heterocycles. The molecule has 0 saturated carbocycles. The van der Waals surface area contributed by atoms with Crippen LogP contribution in [0, 0.1) is 0 Å². The Morgan fingerprint density at radius 2 is 1.76 bits per heavy atom. The number of para-hydroxylation sites is 1. The van der Waals surface area contributed by atoms with Gasteiger partial charge in [0.2, 0.25) is 5.82 Å². The van der Waals surface area contributed by atoms with Crippen LogP contribution in [0.5, 0.6) is 0 Å². The van der Waals surface area contributed by atoms with E-state index in [-0.39, 0.29) is 0 Å². The Hall–Kier alpha value is -2.35. The third-order valence-corrected chi connectivity index (χ3v) is 4.22. The molecule has 0 N–H and O–H groups in total. The quantitative estimate of drug-likeness (QED) is 0.815. The molecule has 1 amide bonds. The first-order valence-electron chi connectivity index (χ1n) is 7.55. The summed E-state index contributed by atoms with van der Waals surface area (Å²) in [5.41, 5.74) is -0.257. The standard InChI is InChI=1S/C16H14ClF3N4O/c17-11-3-1-2-4-12(11)23-7-9-24(10-8-23)15(25)14-21-6-5-13(22-14)16(18,19)20/h1-6H,7-10H2. The molecule has 25 heavy (non-hydrogen) atoms. The zero-order chi connectivity index (χ0) is 18.0. The normalized spacial score (nSPS) is 15.4. The van der Waals surface area contributed by atoms with Gasteiger partial charge in [-0.05, 0) is 18.2 Å². The number of carbonyl (C=O) groups is 1. The van der Waals surface area contributed by atoms with E-state index < -0.39 is 23.6 Å². The Kier molecular flexibility index (Phi) is 4.80. The number of piperazine rings is 1. The maximum Gasteiger partial charge on any atom is 0.433 e. The highest BCUT2D eigenvalue weighted by Crippen LogP contribution is 2.28. The van der Waals surface area contributed by atoms with Crippen LogP contribution in [0.15, 0.2) is 36.5 Å². The van der Waals surface area contributed by atoms with Crippen LogP contribution in [0.2, 0.25) is 5.02 Å². The Balaban J connectivity index is 1.69. The predicted molar refractivity (Wildman–Crippen MR) is 86.6 cm³/mol. The van der Waals surface area contributed by atoms with Crippen molar-refractivity contribution in [3.8, 4) is 0 Å². The van der Waals surface area contributed by atoms with E-state index in [1.807, 2.05) is 23.1 Å². The van der Waals surface area contributed by atoms with E-state index in [1.54, 1.807) is 6.07 Å². The van der Waals surface area contributed by atoms with Gasteiger partial charge in [0.15, 0.2) is 0 Å². The van der Waals surface area contributed by atoms with Crippen molar-refractivity contribution in [3.05, 3.63) is 53.1 Å². The molecule has 9 heteroatoms. The Bertz CT molecular complexity index is 776. The van der Waals surface area contributed by atoms with E-state index in [4.69, 9.17) is 11.6 Å². The minimum Gasteiger partial charge on any atom is -0.367 e. The maximum absolute atomic E-state index is 12.7. The number of hydrogen-bond donors (Lipinski definition) is 0. The molecule has 3 rings (SSSR count). The van der Waals surface area contributed by atoms with Gasteiger partial charge in [-0.2, -0.15) is 13.2 Å². The number of alkyl halides is 3. The van der Waals surface area contributed by atoms with Crippen molar-refractivity contribution in [1.29, 1.82) is 0 Å². The molecule has 1 saturated heterocycles. The van der Waals surface area contributed by atoms with Gasteiger partial charge in [0, 0.05) is 32.4 Å². The molecule has 132 valence electrons. The lowest BCUT2D eigenvalue weighted by molar-refractivity contribution is -0.141. The second-order valence-electron chi connectivity index (χ2n) is 5.49. The molecule has 0 bridgehead atoms. The maximum atomic E-state index is 12.7. The molecule has 1 aromatic carbocycles. The van der Waals surface area contributed by atoms with Gasteiger partial charge in [-0.1, -0.05) is 23.7 Å². The fraction of sp³-hybridized carbons (Fsp3) is 0.312. The van der Waals surface area contributed by atoms with E-state index in [9.17, 15) is 18.0 Å². The van der Waals surface area contributed by atoms with Crippen molar-refractivity contribution in [2.45, 2.75) is 6.18 Å². The van der Waals surface area contributed by atoms with Crippen molar-refractivity contribution in [3.63, 3.8) is 0 Å². The first-order chi connectivity index (χ1) is 11.9. The number of amides is 1. The van der Waals surface area contributed by atoms with E-state index >= 15 is 0 Å². The largest absolute Gasteiger partial charge is 0.433 e. The third kappa shape index (κ3) is 3.84. The van der Waals surface area contributed by atoms with Crippen LogP contribution in [0.1, 0.15) is 16.3 Å². The van der Waals surface area contributed by atoms with Crippen LogP contribution in [0.4, 0.5) is 18.9 Å². The van der Waals surface area contributed by atoms with Crippen molar-refractivity contribution in [2.75, 3.05) is 31.1 Å². The fourth-order valence-corrected chi connectivity index (χ4v) is 2.87. The number of aromatic nitrogens is 2. The highest BCUT2D eigenvalue weighted by atomic mass is 35.5. The van der Waals surface area contributed by atoms with Crippen LogP contribution < -0.4 is 4.90 Å². The lowest BCUT2D eigenvalue weighted by atomic mass is 10.2. The van der Waals surface area contributed by atoms with Crippen LogP contribution >= 0.6 is 11.6 Å². The fourth-order valence-electron chi connectivity index (χ4n) is 2.62. The summed E-state index contributed by atoms with van der Waals surface area (Å²) >= 11 is 6.16. The predicted octanol–water partition coefficient (Wildman–Crippen LogP) is 3.11. The van der Waals surface area contributed by atoms with Crippen LogP contribution in [0.3, 0.4) is 0 Å². The molecular formula is C16H14ClF3N4O. The number of anilines is 1. The van der Waals surface area contributed by atoms with Gasteiger partial charge < -0.3 is 9.80 Å². The van der Waals surface area contributed by atoms with Crippen molar-refractivity contribution >= 4 is 23.2 Å². The Morgan fingerprint density at radius 1 is 1.08 bits per heavy atom. The molecule has 0 radical (unpaired) electrons. The minimum absolute atomic E-state index is 0.351. The number of rotatable bonds is 2. The summed E-state index contributed by atoms with van der Waals surface area (Å²) in [6, 6.07) is 8.11. The molecule has 1 aromatic heterocycles. The van der Waals surface area contributed by atoms with E-state index in [0.717, 1.165) is 18.0 Å². The van der Waals surface area contributed by atoms with Gasteiger partial charge in [-0.3, -0.25) is 4.79 Å². The zero-order valence-corrected chi connectivity index (χ0v) is 13.8. The average Bonchev–Trinajstić information content (AvgIpc) is 2.61. The monoisotopic (exact) mass is 370 g/mol.